The van der Waals surface area contributed by atoms with E-state index in [9.17, 15) is 0 Å². The lowest BCUT2D eigenvalue weighted by atomic mass is 9.87. The van der Waals surface area contributed by atoms with E-state index in [1.165, 1.54) is 38.9 Å². The monoisotopic (exact) mass is 334 g/mol. The quantitative estimate of drug-likeness (QED) is 0.518. The number of hydrogen-bond acceptors (Lipinski definition) is 1. The highest BCUT2D eigenvalue weighted by Gasteiger charge is 2.15. The minimum atomic E-state index is 0.847. The smallest absolute Gasteiger partial charge is 0.122 e. The van der Waals surface area contributed by atoms with Crippen molar-refractivity contribution in [3.8, 4) is 16.9 Å². The van der Waals surface area contributed by atoms with Crippen LogP contribution in [-0.4, -0.2) is 7.11 Å². The lowest BCUT2D eigenvalue weighted by Gasteiger charge is -2.19. The molecule has 0 aliphatic carbocycles. The Labute approximate surface area is 153 Å². The summed E-state index contributed by atoms with van der Waals surface area (Å²) in [6, 6.07) is 9.09. The van der Waals surface area contributed by atoms with Gasteiger partial charge in [0, 0.05) is 5.56 Å². The first kappa shape index (κ1) is 19.1. The third kappa shape index (κ3) is 4.04. The largest absolute Gasteiger partial charge is 0.496 e. The normalized spacial score (nSPS) is 10.6. The van der Waals surface area contributed by atoms with Gasteiger partial charge in [-0.25, -0.2) is 0 Å². The Morgan fingerprint density at radius 2 is 1.48 bits per heavy atom. The van der Waals surface area contributed by atoms with E-state index >= 15 is 0 Å². The zero-order chi connectivity index (χ0) is 18.4. The molecule has 0 fully saturated rings. The molecule has 2 aromatic carbocycles. The fourth-order valence-corrected chi connectivity index (χ4v) is 3.55. The first-order valence-electron chi connectivity index (χ1n) is 9.13. The van der Waals surface area contributed by atoms with E-state index in [0.717, 1.165) is 31.4 Å². The van der Waals surface area contributed by atoms with E-state index in [2.05, 4.69) is 58.2 Å². The van der Waals surface area contributed by atoms with E-state index in [0.29, 0.717) is 0 Å². The Bertz CT molecular complexity index is 768. The molecular weight excluding hydrogens is 304 g/mol. The molecule has 0 unspecified atom stereocenters. The molecular formula is C24H30O. The highest BCUT2D eigenvalue weighted by molar-refractivity contribution is 5.75. The molecule has 1 nitrogen and oxygen atoms in total. The first-order valence-corrected chi connectivity index (χ1v) is 9.13. The van der Waals surface area contributed by atoms with Crippen LogP contribution in [0.5, 0.6) is 5.75 Å². The number of hydrogen-bond donors (Lipinski definition) is 0. The summed E-state index contributed by atoms with van der Waals surface area (Å²) in [7, 11) is 1.76. The van der Waals surface area contributed by atoms with Crippen molar-refractivity contribution in [3.05, 3.63) is 77.4 Å². The number of aryl methyl sites for hydroxylation is 1. The van der Waals surface area contributed by atoms with Crippen LogP contribution >= 0.6 is 0 Å². The molecule has 0 N–H and O–H groups in total. The molecule has 1 heteroatoms. The van der Waals surface area contributed by atoms with Crippen LogP contribution in [0, 0.1) is 6.92 Å². The zero-order valence-corrected chi connectivity index (χ0v) is 16.1. The van der Waals surface area contributed by atoms with E-state index in [1.54, 1.807) is 7.11 Å². The average molecular weight is 335 g/mol. The maximum Gasteiger partial charge on any atom is 0.122 e. The van der Waals surface area contributed by atoms with Crippen molar-refractivity contribution in [2.24, 2.45) is 0 Å². The number of allylic oxidation sites excluding steroid dienone is 2. The Hall–Kier alpha value is -2.28. The fraction of sp³-hybridized carbons (Fsp3) is 0.333. The molecule has 0 aromatic heterocycles. The van der Waals surface area contributed by atoms with Gasteiger partial charge in [0.25, 0.3) is 0 Å². The summed E-state index contributed by atoms with van der Waals surface area (Å²) in [5.74, 6) is 0.975. The van der Waals surface area contributed by atoms with Gasteiger partial charge in [-0.2, -0.15) is 0 Å². The molecule has 0 bridgehead atoms. The van der Waals surface area contributed by atoms with Gasteiger partial charge in [0.1, 0.15) is 5.75 Å². The van der Waals surface area contributed by atoms with Crippen LogP contribution in [0.25, 0.3) is 11.1 Å². The maximum atomic E-state index is 5.71. The highest BCUT2D eigenvalue weighted by atomic mass is 16.5. The summed E-state index contributed by atoms with van der Waals surface area (Å²) < 4.78 is 5.71. The first-order chi connectivity index (χ1) is 12.1. The SMILES string of the molecule is C=CCc1cc(CC)c(C)c(-c2cc(CC=C)cc(OC)c2CC)c1. The van der Waals surface area contributed by atoms with Crippen LogP contribution in [0.1, 0.15) is 41.7 Å². The molecule has 2 aromatic rings. The molecule has 0 aliphatic rings. The lowest BCUT2D eigenvalue weighted by Crippen LogP contribution is -2.01. The maximum absolute atomic E-state index is 5.71. The van der Waals surface area contributed by atoms with Crippen LogP contribution in [-0.2, 0) is 25.7 Å². The number of rotatable bonds is 8. The number of ether oxygens (including phenoxy) is 1. The second kappa shape index (κ2) is 8.71. The van der Waals surface area contributed by atoms with E-state index < -0.39 is 0 Å². The summed E-state index contributed by atoms with van der Waals surface area (Å²) in [5, 5.41) is 0. The molecule has 25 heavy (non-hydrogen) atoms. The van der Waals surface area contributed by atoms with Gasteiger partial charge in [0.2, 0.25) is 0 Å². The zero-order valence-electron chi connectivity index (χ0n) is 16.1. The van der Waals surface area contributed by atoms with Crippen molar-refractivity contribution in [2.75, 3.05) is 7.11 Å². The van der Waals surface area contributed by atoms with Gasteiger partial charge in [-0.15, -0.1) is 13.2 Å². The average Bonchev–Trinajstić information content (AvgIpc) is 2.62. The standard InChI is InChI=1S/C24H30O/c1-7-11-18-13-20(9-3)17(5)22(14-18)23-15-19(12-8-2)16-24(25-6)21(23)10-4/h7-8,13-16H,1-2,9-12H2,3-6H3. The molecule has 0 aliphatic heterocycles. The van der Waals surface area contributed by atoms with Crippen LogP contribution in [0.3, 0.4) is 0 Å². The van der Waals surface area contributed by atoms with E-state index in [1.807, 2.05) is 12.2 Å². The third-order valence-electron chi connectivity index (χ3n) is 4.85. The van der Waals surface area contributed by atoms with Gasteiger partial charge in [-0.3, -0.25) is 0 Å². The molecule has 0 saturated heterocycles. The van der Waals surface area contributed by atoms with Gasteiger partial charge in [-0.1, -0.05) is 44.2 Å². The Kier molecular flexibility index (Phi) is 6.64. The number of benzene rings is 2. The number of methoxy groups -OCH3 is 1. The second-order valence-corrected chi connectivity index (χ2v) is 6.44. The van der Waals surface area contributed by atoms with Crippen molar-refractivity contribution in [3.63, 3.8) is 0 Å². The molecule has 132 valence electrons. The van der Waals surface area contributed by atoms with Gasteiger partial charge < -0.3 is 4.74 Å². The third-order valence-corrected chi connectivity index (χ3v) is 4.85. The van der Waals surface area contributed by atoms with Crippen molar-refractivity contribution >= 4 is 0 Å². The predicted molar refractivity (Wildman–Crippen MR) is 110 cm³/mol. The topological polar surface area (TPSA) is 9.23 Å². The lowest BCUT2D eigenvalue weighted by molar-refractivity contribution is 0.410. The second-order valence-electron chi connectivity index (χ2n) is 6.44. The molecule has 0 radical (unpaired) electrons. The highest BCUT2D eigenvalue weighted by Crippen LogP contribution is 2.36. The van der Waals surface area contributed by atoms with Crippen LogP contribution in [0.4, 0.5) is 0 Å². The van der Waals surface area contributed by atoms with Gasteiger partial charge in [-0.05, 0) is 72.1 Å². The van der Waals surface area contributed by atoms with E-state index in [4.69, 9.17) is 4.74 Å². The molecule has 0 spiro atoms. The molecule has 0 saturated carbocycles. The van der Waals surface area contributed by atoms with Gasteiger partial charge in [0.15, 0.2) is 0 Å². The molecule has 0 heterocycles. The molecule has 0 amide bonds. The fourth-order valence-electron chi connectivity index (χ4n) is 3.55. The van der Waals surface area contributed by atoms with Crippen molar-refractivity contribution in [1.29, 1.82) is 0 Å². The Morgan fingerprint density at radius 1 is 0.880 bits per heavy atom. The molecule has 0 atom stereocenters. The Morgan fingerprint density at radius 3 is 2.00 bits per heavy atom. The minimum absolute atomic E-state index is 0.847. The summed E-state index contributed by atoms with van der Waals surface area (Å²) in [6.45, 7) is 14.4. The van der Waals surface area contributed by atoms with Crippen LogP contribution in [0.15, 0.2) is 49.6 Å². The van der Waals surface area contributed by atoms with Crippen molar-refractivity contribution in [1.82, 2.24) is 0 Å². The predicted octanol–water partition coefficient (Wildman–Crippen LogP) is 6.25. The van der Waals surface area contributed by atoms with Gasteiger partial charge in [0.05, 0.1) is 7.11 Å². The van der Waals surface area contributed by atoms with Crippen LogP contribution < -0.4 is 4.74 Å². The summed E-state index contributed by atoms with van der Waals surface area (Å²) in [5.41, 5.74) is 9.21. The van der Waals surface area contributed by atoms with Crippen molar-refractivity contribution < 1.29 is 4.74 Å². The van der Waals surface area contributed by atoms with Gasteiger partial charge >= 0.3 is 0 Å². The Balaban J connectivity index is 2.78. The molecule has 2 rings (SSSR count). The van der Waals surface area contributed by atoms with Crippen LogP contribution in [0.2, 0.25) is 0 Å². The van der Waals surface area contributed by atoms with Crippen molar-refractivity contribution in [2.45, 2.75) is 46.5 Å². The summed E-state index contributed by atoms with van der Waals surface area (Å²) in [6.07, 6.45) is 7.64. The summed E-state index contributed by atoms with van der Waals surface area (Å²) >= 11 is 0. The van der Waals surface area contributed by atoms with E-state index in [-0.39, 0.29) is 0 Å². The minimum Gasteiger partial charge on any atom is -0.496 e. The summed E-state index contributed by atoms with van der Waals surface area (Å²) in [4.78, 5) is 0.